The van der Waals surface area contributed by atoms with Gasteiger partial charge in [0, 0.05) is 18.7 Å². The van der Waals surface area contributed by atoms with Crippen molar-refractivity contribution >= 4 is 12.0 Å². The highest BCUT2D eigenvalue weighted by atomic mass is 19.1. The van der Waals surface area contributed by atoms with Gasteiger partial charge in [0.1, 0.15) is 17.3 Å². The summed E-state index contributed by atoms with van der Waals surface area (Å²) in [6.45, 7) is 0.367. The van der Waals surface area contributed by atoms with E-state index in [0.29, 0.717) is 30.0 Å². The molecule has 0 radical (unpaired) electrons. The number of amides is 1. The molecule has 0 aliphatic carbocycles. The summed E-state index contributed by atoms with van der Waals surface area (Å²) >= 11 is 0. The van der Waals surface area contributed by atoms with E-state index in [0.717, 1.165) is 5.56 Å². The zero-order valence-corrected chi connectivity index (χ0v) is 13.7. The van der Waals surface area contributed by atoms with Crippen LogP contribution in [0.3, 0.4) is 0 Å². The predicted molar refractivity (Wildman–Crippen MR) is 91.7 cm³/mol. The van der Waals surface area contributed by atoms with Crippen LogP contribution in [-0.2, 0) is 11.2 Å². The highest BCUT2D eigenvalue weighted by molar-refractivity contribution is 5.91. The van der Waals surface area contributed by atoms with Crippen LogP contribution in [0.2, 0.25) is 0 Å². The van der Waals surface area contributed by atoms with Gasteiger partial charge in [-0.1, -0.05) is 18.2 Å². The highest BCUT2D eigenvalue weighted by Crippen LogP contribution is 2.23. The number of rotatable bonds is 7. The Labute approximate surface area is 140 Å². The monoisotopic (exact) mass is 329 g/mol. The van der Waals surface area contributed by atoms with Crippen LogP contribution < -0.4 is 14.8 Å². The lowest BCUT2D eigenvalue weighted by Gasteiger charge is -2.06. The average molecular weight is 329 g/mol. The summed E-state index contributed by atoms with van der Waals surface area (Å²) in [7, 11) is 3.13. The molecule has 0 spiro atoms. The molecule has 1 N–H and O–H groups in total. The minimum Gasteiger partial charge on any atom is -0.497 e. The molecule has 0 aliphatic heterocycles. The maximum Gasteiger partial charge on any atom is 0.244 e. The Balaban J connectivity index is 1.90. The number of hydrogen-bond donors (Lipinski definition) is 1. The molecular weight excluding hydrogens is 309 g/mol. The third-order valence-electron chi connectivity index (χ3n) is 3.45. The fraction of sp³-hybridized carbons (Fsp3) is 0.211. The van der Waals surface area contributed by atoms with Crippen molar-refractivity contribution in [3.05, 3.63) is 65.5 Å². The van der Waals surface area contributed by atoms with Crippen molar-refractivity contribution in [3.63, 3.8) is 0 Å². The number of methoxy groups -OCH3 is 2. The van der Waals surface area contributed by atoms with Crippen LogP contribution in [0, 0.1) is 5.82 Å². The van der Waals surface area contributed by atoms with Gasteiger partial charge >= 0.3 is 0 Å². The fourth-order valence-corrected chi connectivity index (χ4v) is 2.18. The zero-order valence-electron chi connectivity index (χ0n) is 13.7. The molecule has 2 rings (SSSR count). The number of ether oxygens (including phenoxy) is 2. The van der Waals surface area contributed by atoms with E-state index in [1.54, 1.807) is 56.7 Å². The van der Waals surface area contributed by atoms with E-state index in [-0.39, 0.29) is 11.7 Å². The standard InChI is InChI=1S/C19H20FNO3/c1-23-16-11-14(12-17(13-16)24-2)7-8-19(22)21-10-9-15-5-3-4-6-18(15)20/h3-8,11-13H,9-10H2,1-2H3,(H,21,22)/b8-7+. The summed E-state index contributed by atoms with van der Waals surface area (Å²) in [6.07, 6.45) is 3.54. The number of nitrogens with one attached hydrogen (secondary N) is 1. The quantitative estimate of drug-likeness (QED) is 0.794. The molecule has 0 fully saturated rings. The summed E-state index contributed by atoms with van der Waals surface area (Å²) in [5.74, 6) is 0.793. The minimum atomic E-state index is -0.259. The summed E-state index contributed by atoms with van der Waals surface area (Å²) in [6, 6.07) is 11.9. The van der Waals surface area contributed by atoms with Gasteiger partial charge in [-0.15, -0.1) is 0 Å². The average Bonchev–Trinajstić information content (AvgIpc) is 2.61. The van der Waals surface area contributed by atoms with Crippen LogP contribution in [0.1, 0.15) is 11.1 Å². The number of carbonyl (C=O) groups is 1. The molecule has 2 aromatic carbocycles. The Kier molecular flexibility index (Phi) is 6.37. The first-order chi connectivity index (χ1) is 11.6. The van der Waals surface area contributed by atoms with Crippen LogP contribution in [0.5, 0.6) is 11.5 Å². The van der Waals surface area contributed by atoms with Crippen molar-refractivity contribution in [3.8, 4) is 11.5 Å². The van der Waals surface area contributed by atoms with Crippen LogP contribution in [0.4, 0.5) is 4.39 Å². The van der Waals surface area contributed by atoms with E-state index in [1.807, 2.05) is 0 Å². The van der Waals surface area contributed by atoms with Crippen molar-refractivity contribution in [1.29, 1.82) is 0 Å². The molecule has 0 saturated carbocycles. The summed E-state index contributed by atoms with van der Waals surface area (Å²) in [5.41, 5.74) is 1.37. The van der Waals surface area contributed by atoms with E-state index in [9.17, 15) is 9.18 Å². The predicted octanol–water partition coefficient (Wildman–Crippen LogP) is 3.22. The van der Waals surface area contributed by atoms with Crippen molar-refractivity contribution in [2.24, 2.45) is 0 Å². The molecule has 0 bridgehead atoms. The van der Waals surface area contributed by atoms with Gasteiger partial charge in [0.2, 0.25) is 5.91 Å². The van der Waals surface area contributed by atoms with Crippen LogP contribution in [0.15, 0.2) is 48.5 Å². The van der Waals surface area contributed by atoms with Crippen LogP contribution in [-0.4, -0.2) is 26.7 Å². The van der Waals surface area contributed by atoms with Gasteiger partial charge in [-0.3, -0.25) is 4.79 Å². The number of hydrogen-bond acceptors (Lipinski definition) is 3. The molecule has 0 aliphatic rings. The second-order valence-electron chi connectivity index (χ2n) is 5.11. The Morgan fingerprint density at radius 1 is 1.12 bits per heavy atom. The third-order valence-corrected chi connectivity index (χ3v) is 3.45. The Morgan fingerprint density at radius 2 is 1.79 bits per heavy atom. The van der Waals surface area contributed by atoms with Crippen LogP contribution >= 0.6 is 0 Å². The summed E-state index contributed by atoms with van der Waals surface area (Å²) < 4.78 is 23.8. The summed E-state index contributed by atoms with van der Waals surface area (Å²) in [5, 5.41) is 2.73. The molecule has 1 amide bonds. The molecule has 0 saturated heterocycles. The largest absolute Gasteiger partial charge is 0.497 e. The maximum atomic E-state index is 13.5. The molecular formula is C19H20FNO3. The normalized spacial score (nSPS) is 10.6. The Bertz CT molecular complexity index is 706. The molecule has 0 atom stereocenters. The van der Waals surface area contributed by atoms with E-state index in [2.05, 4.69) is 5.32 Å². The molecule has 2 aromatic rings. The summed E-state index contributed by atoms with van der Waals surface area (Å²) in [4.78, 5) is 11.8. The number of halogens is 1. The molecule has 126 valence electrons. The molecule has 5 heteroatoms. The first-order valence-corrected chi connectivity index (χ1v) is 7.55. The lowest BCUT2D eigenvalue weighted by Crippen LogP contribution is -2.23. The van der Waals surface area contributed by atoms with Gasteiger partial charge in [0.15, 0.2) is 0 Å². The van der Waals surface area contributed by atoms with Gasteiger partial charge in [-0.05, 0) is 41.8 Å². The topological polar surface area (TPSA) is 47.6 Å². The van der Waals surface area contributed by atoms with Crippen LogP contribution in [0.25, 0.3) is 6.08 Å². The van der Waals surface area contributed by atoms with Gasteiger partial charge in [0.25, 0.3) is 0 Å². The van der Waals surface area contributed by atoms with Gasteiger partial charge in [-0.2, -0.15) is 0 Å². The second kappa shape index (κ2) is 8.72. The molecule has 0 heterocycles. The zero-order chi connectivity index (χ0) is 17.4. The van der Waals surface area contributed by atoms with E-state index >= 15 is 0 Å². The molecule has 24 heavy (non-hydrogen) atoms. The van der Waals surface area contributed by atoms with E-state index in [1.165, 1.54) is 12.1 Å². The first-order valence-electron chi connectivity index (χ1n) is 7.55. The number of carbonyl (C=O) groups excluding carboxylic acids is 1. The SMILES string of the molecule is COc1cc(/C=C/C(=O)NCCc2ccccc2F)cc(OC)c1. The molecule has 0 aromatic heterocycles. The fourth-order valence-electron chi connectivity index (χ4n) is 2.18. The smallest absolute Gasteiger partial charge is 0.244 e. The lowest BCUT2D eigenvalue weighted by molar-refractivity contribution is -0.116. The van der Waals surface area contributed by atoms with Gasteiger partial charge < -0.3 is 14.8 Å². The highest BCUT2D eigenvalue weighted by Gasteiger charge is 2.02. The van der Waals surface area contributed by atoms with Crippen molar-refractivity contribution in [1.82, 2.24) is 5.32 Å². The Hall–Kier alpha value is -2.82. The van der Waals surface area contributed by atoms with Crippen molar-refractivity contribution in [2.45, 2.75) is 6.42 Å². The van der Waals surface area contributed by atoms with Gasteiger partial charge in [0.05, 0.1) is 14.2 Å². The van der Waals surface area contributed by atoms with E-state index < -0.39 is 0 Å². The van der Waals surface area contributed by atoms with Crippen molar-refractivity contribution < 1.29 is 18.7 Å². The molecule has 4 nitrogen and oxygen atoms in total. The lowest BCUT2D eigenvalue weighted by atomic mass is 10.1. The molecule has 0 unspecified atom stereocenters. The minimum absolute atomic E-state index is 0.242. The maximum absolute atomic E-state index is 13.5. The number of benzene rings is 2. The Morgan fingerprint density at radius 3 is 2.42 bits per heavy atom. The third kappa shape index (κ3) is 5.12. The van der Waals surface area contributed by atoms with E-state index in [4.69, 9.17) is 9.47 Å². The first kappa shape index (κ1) is 17.5. The second-order valence-corrected chi connectivity index (χ2v) is 5.11. The van der Waals surface area contributed by atoms with Crippen molar-refractivity contribution in [2.75, 3.05) is 20.8 Å². The van der Waals surface area contributed by atoms with Gasteiger partial charge in [-0.25, -0.2) is 4.39 Å².